The molecule has 0 aliphatic heterocycles. The molecule has 66 valence electrons. The van der Waals surface area contributed by atoms with Crippen molar-refractivity contribution < 1.29 is 0 Å². The predicted molar refractivity (Wildman–Crippen MR) is 46.8 cm³/mol. The molecule has 0 radical (unpaired) electrons. The zero-order valence-corrected chi connectivity index (χ0v) is 7.50. The molecule has 0 spiro atoms. The zero-order valence-electron chi connectivity index (χ0n) is 5.99. The normalized spacial score (nSPS) is 10.2. The first-order valence-electron chi connectivity index (χ1n) is 3.15. The van der Waals surface area contributed by atoms with Crippen LogP contribution in [0.25, 0.3) is 0 Å². The van der Waals surface area contributed by atoms with Crippen LogP contribution in [0.4, 0.5) is 0 Å². The molecule has 0 aromatic carbocycles. The monoisotopic (exact) mass is 208 g/mol. The van der Waals surface area contributed by atoms with Gasteiger partial charge in [0.15, 0.2) is 0 Å². The van der Waals surface area contributed by atoms with Crippen molar-refractivity contribution in [1.82, 2.24) is 9.97 Å². The Kier molecular flexibility index (Phi) is 2.94. The van der Waals surface area contributed by atoms with Crippen molar-refractivity contribution in [3.05, 3.63) is 32.1 Å². The third-order valence-electron chi connectivity index (χ3n) is 1.40. The van der Waals surface area contributed by atoms with Gasteiger partial charge in [0, 0.05) is 5.69 Å². The van der Waals surface area contributed by atoms with Crippen LogP contribution in [0.2, 0.25) is 0 Å². The molecule has 0 aliphatic carbocycles. The van der Waals surface area contributed by atoms with E-state index in [1.54, 1.807) is 0 Å². The van der Waals surface area contributed by atoms with Crippen LogP contribution in [-0.2, 0) is 11.8 Å². The van der Waals surface area contributed by atoms with Crippen LogP contribution in [0.1, 0.15) is 11.3 Å². The highest BCUT2D eigenvalue weighted by Crippen LogP contribution is 2.03. The van der Waals surface area contributed by atoms with E-state index in [0.29, 0.717) is 11.3 Å². The summed E-state index contributed by atoms with van der Waals surface area (Å²) in [5.41, 5.74) is -0.361. The number of rotatable bonds is 2. The molecule has 4 nitrogen and oxygen atoms in total. The Morgan fingerprint density at radius 3 is 2.25 bits per heavy atom. The second-order valence-corrected chi connectivity index (χ2v) is 2.67. The number of nitrogens with one attached hydrogen (secondary N) is 2. The molecule has 1 aromatic heterocycles. The number of aromatic nitrogens is 2. The summed E-state index contributed by atoms with van der Waals surface area (Å²) in [7, 11) is 0. The second-order valence-electron chi connectivity index (χ2n) is 2.13. The third kappa shape index (κ3) is 1.70. The Morgan fingerprint density at radius 1 is 1.08 bits per heavy atom. The Balaban J connectivity index is 3.44. The van der Waals surface area contributed by atoms with Gasteiger partial charge in [-0.05, 0) is 0 Å². The topological polar surface area (TPSA) is 65.7 Å². The smallest absolute Gasteiger partial charge is 0.310 e. The molecule has 0 saturated carbocycles. The summed E-state index contributed by atoms with van der Waals surface area (Å²) in [6, 6.07) is 0. The molecule has 1 rings (SSSR count). The van der Waals surface area contributed by atoms with Crippen molar-refractivity contribution in [1.29, 1.82) is 0 Å². The van der Waals surface area contributed by atoms with E-state index >= 15 is 0 Å². The minimum atomic E-state index is -0.565. The maximum atomic E-state index is 11.0. The van der Waals surface area contributed by atoms with E-state index in [9.17, 15) is 9.59 Å². The van der Waals surface area contributed by atoms with Crippen LogP contribution in [0.5, 0.6) is 0 Å². The fourth-order valence-corrected chi connectivity index (χ4v) is 1.33. The lowest BCUT2D eigenvalue weighted by Gasteiger charge is -1.99. The molecular formula is C6H6Cl2N2O2. The van der Waals surface area contributed by atoms with E-state index in [2.05, 4.69) is 9.97 Å². The van der Waals surface area contributed by atoms with Crippen LogP contribution in [0, 0.1) is 0 Å². The lowest BCUT2D eigenvalue weighted by molar-refractivity contribution is 0.946. The Morgan fingerprint density at radius 2 is 1.75 bits per heavy atom. The molecule has 1 aromatic rings. The van der Waals surface area contributed by atoms with Crippen LogP contribution < -0.4 is 11.2 Å². The highest BCUT2D eigenvalue weighted by Gasteiger charge is 2.05. The van der Waals surface area contributed by atoms with Crippen LogP contribution in [0.3, 0.4) is 0 Å². The van der Waals surface area contributed by atoms with Crippen molar-refractivity contribution >= 4 is 23.2 Å². The van der Waals surface area contributed by atoms with Gasteiger partial charge in [-0.15, -0.1) is 23.2 Å². The Labute approximate surface area is 77.5 Å². The minimum Gasteiger partial charge on any atom is -0.310 e. The van der Waals surface area contributed by atoms with Gasteiger partial charge in [0.1, 0.15) is 0 Å². The SMILES string of the molecule is O=c1[nH]c(CCl)c(CCl)c(=O)[nH]1. The van der Waals surface area contributed by atoms with E-state index in [4.69, 9.17) is 23.2 Å². The maximum absolute atomic E-state index is 11.0. The summed E-state index contributed by atoms with van der Waals surface area (Å²) in [5.74, 6) is 0.107. The van der Waals surface area contributed by atoms with Gasteiger partial charge in [0.05, 0.1) is 17.3 Å². The number of aromatic amines is 2. The number of halogens is 2. The summed E-state index contributed by atoms with van der Waals surface area (Å²) < 4.78 is 0. The molecule has 0 unspecified atom stereocenters. The number of alkyl halides is 2. The second kappa shape index (κ2) is 3.78. The van der Waals surface area contributed by atoms with Crippen molar-refractivity contribution in [2.24, 2.45) is 0 Å². The maximum Gasteiger partial charge on any atom is 0.325 e. The van der Waals surface area contributed by atoms with Crippen molar-refractivity contribution in [2.75, 3.05) is 0 Å². The van der Waals surface area contributed by atoms with Gasteiger partial charge in [-0.25, -0.2) is 4.79 Å². The van der Waals surface area contributed by atoms with Crippen LogP contribution >= 0.6 is 23.2 Å². The summed E-state index contributed by atoms with van der Waals surface area (Å²) in [5, 5.41) is 0. The highest BCUT2D eigenvalue weighted by molar-refractivity contribution is 6.18. The molecule has 0 fully saturated rings. The first-order valence-corrected chi connectivity index (χ1v) is 4.22. The molecule has 0 atom stereocenters. The first-order chi connectivity index (χ1) is 5.69. The fraction of sp³-hybridized carbons (Fsp3) is 0.333. The number of H-pyrrole nitrogens is 2. The quantitative estimate of drug-likeness (QED) is 0.698. The number of hydrogen-bond acceptors (Lipinski definition) is 2. The molecule has 12 heavy (non-hydrogen) atoms. The summed E-state index contributed by atoms with van der Waals surface area (Å²) in [4.78, 5) is 26.2. The summed E-state index contributed by atoms with van der Waals surface area (Å²) >= 11 is 10.9. The van der Waals surface area contributed by atoms with Gasteiger partial charge < -0.3 is 4.98 Å². The lowest BCUT2D eigenvalue weighted by atomic mass is 10.3. The third-order valence-corrected chi connectivity index (χ3v) is 1.93. The van der Waals surface area contributed by atoms with Gasteiger partial charge in [-0.1, -0.05) is 0 Å². The van der Waals surface area contributed by atoms with Gasteiger partial charge in [0.25, 0.3) is 5.56 Å². The molecule has 0 aliphatic rings. The van der Waals surface area contributed by atoms with Crippen molar-refractivity contribution in [3.8, 4) is 0 Å². The first kappa shape index (κ1) is 9.35. The van der Waals surface area contributed by atoms with E-state index in [0.717, 1.165) is 0 Å². The largest absolute Gasteiger partial charge is 0.325 e. The molecular weight excluding hydrogens is 203 g/mol. The lowest BCUT2D eigenvalue weighted by Crippen LogP contribution is -2.27. The molecule has 0 bridgehead atoms. The van der Waals surface area contributed by atoms with Crippen LogP contribution in [-0.4, -0.2) is 9.97 Å². The van der Waals surface area contributed by atoms with Crippen molar-refractivity contribution in [3.63, 3.8) is 0 Å². The van der Waals surface area contributed by atoms with E-state index < -0.39 is 11.2 Å². The molecule has 2 N–H and O–H groups in total. The summed E-state index contributed by atoms with van der Waals surface area (Å²) in [6.45, 7) is 0. The standard InChI is InChI=1S/C6H6Cl2N2O2/c7-1-3-4(2-8)9-6(12)10-5(3)11/h1-2H2,(H2,9,10,11,12). The fourth-order valence-electron chi connectivity index (χ4n) is 0.815. The summed E-state index contributed by atoms with van der Waals surface area (Å²) in [6.07, 6.45) is 0. The molecule has 1 heterocycles. The minimum absolute atomic E-state index is 0.0359. The average Bonchev–Trinajstić information content (AvgIpc) is 2.03. The zero-order chi connectivity index (χ0) is 9.14. The Bertz CT molecular complexity index is 382. The highest BCUT2D eigenvalue weighted by atomic mass is 35.5. The molecule has 0 amide bonds. The van der Waals surface area contributed by atoms with Gasteiger partial charge in [-0.3, -0.25) is 9.78 Å². The number of hydrogen-bond donors (Lipinski definition) is 2. The van der Waals surface area contributed by atoms with Gasteiger partial charge in [-0.2, -0.15) is 0 Å². The molecule has 0 saturated heterocycles. The van der Waals surface area contributed by atoms with E-state index in [1.165, 1.54) is 0 Å². The predicted octanol–water partition coefficient (Wildman–Crippen LogP) is 0.541. The average molecular weight is 209 g/mol. The van der Waals surface area contributed by atoms with Crippen LogP contribution in [0.15, 0.2) is 9.59 Å². The van der Waals surface area contributed by atoms with E-state index in [1.807, 2.05) is 0 Å². The van der Waals surface area contributed by atoms with Gasteiger partial charge >= 0.3 is 5.69 Å². The van der Waals surface area contributed by atoms with Crippen molar-refractivity contribution in [2.45, 2.75) is 11.8 Å². The Hall–Kier alpha value is -0.740. The van der Waals surface area contributed by atoms with Gasteiger partial charge in [0.2, 0.25) is 0 Å². The van der Waals surface area contributed by atoms with E-state index in [-0.39, 0.29) is 11.8 Å². The molecule has 6 heteroatoms.